The lowest BCUT2D eigenvalue weighted by molar-refractivity contribution is 0.0793. The summed E-state index contributed by atoms with van der Waals surface area (Å²) in [6.07, 6.45) is 4.87. The minimum atomic E-state index is -0.202. The van der Waals surface area contributed by atoms with Crippen molar-refractivity contribution in [2.75, 3.05) is 38.6 Å². The first-order valence-corrected chi connectivity index (χ1v) is 11.1. The number of guanidine groups is 1. The Morgan fingerprint density at radius 1 is 1.29 bits per heavy atom. The summed E-state index contributed by atoms with van der Waals surface area (Å²) < 4.78 is 19.3. The maximum absolute atomic E-state index is 13.6. The molecule has 1 saturated heterocycles. The lowest BCUT2D eigenvalue weighted by Crippen LogP contribution is -2.41. The summed E-state index contributed by atoms with van der Waals surface area (Å²) in [7, 11) is 0. The van der Waals surface area contributed by atoms with Crippen LogP contribution in [0.3, 0.4) is 0 Å². The second-order valence-electron chi connectivity index (χ2n) is 7.10. The van der Waals surface area contributed by atoms with Crippen molar-refractivity contribution in [3.8, 4) is 0 Å². The number of halogens is 1. The van der Waals surface area contributed by atoms with E-state index >= 15 is 0 Å². The van der Waals surface area contributed by atoms with Gasteiger partial charge < -0.3 is 20.4 Å². The summed E-state index contributed by atoms with van der Waals surface area (Å²) in [6.45, 7) is 8.28. The summed E-state index contributed by atoms with van der Waals surface area (Å²) >= 11 is 2.00. The molecule has 1 aliphatic rings. The van der Waals surface area contributed by atoms with Gasteiger partial charge in [0.25, 0.3) is 0 Å². The first kappa shape index (κ1) is 21.0. The average Bonchev–Trinajstić information content (AvgIpc) is 3.09. The molecule has 0 bridgehead atoms. The van der Waals surface area contributed by atoms with Crippen LogP contribution in [0.25, 0.3) is 10.9 Å². The van der Waals surface area contributed by atoms with E-state index in [-0.39, 0.29) is 10.6 Å². The van der Waals surface area contributed by atoms with Crippen LogP contribution in [0.2, 0.25) is 0 Å². The zero-order chi connectivity index (χ0) is 19.8. The van der Waals surface area contributed by atoms with Crippen molar-refractivity contribution < 1.29 is 9.13 Å². The number of aromatic amines is 1. The number of benzene rings is 1. The molecule has 0 amide bonds. The van der Waals surface area contributed by atoms with Gasteiger partial charge in [-0.2, -0.15) is 11.8 Å². The molecule has 2 aromatic rings. The Labute approximate surface area is 170 Å². The molecule has 3 rings (SSSR count). The summed E-state index contributed by atoms with van der Waals surface area (Å²) in [5, 5.41) is 7.71. The van der Waals surface area contributed by atoms with Gasteiger partial charge in [0.2, 0.25) is 0 Å². The van der Waals surface area contributed by atoms with Crippen molar-refractivity contribution in [1.82, 2.24) is 15.6 Å². The molecular formula is C21H31FN4OS. The number of hydrogen-bond donors (Lipinski definition) is 3. The van der Waals surface area contributed by atoms with E-state index in [0.29, 0.717) is 0 Å². The van der Waals surface area contributed by atoms with E-state index in [4.69, 9.17) is 9.73 Å². The van der Waals surface area contributed by atoms with Crippen molar-refractivity contribution in [3.63, 3.8) is 0 Å². The first-order valence-electron chi connectivity index (χ1n) is 10.1. The van der Waals surface area contributed by atoms with Crippen molar-refractivity contribution >= 4 is 28.6 Å². The Morgan fingerprint density at radius 3 is 2.86 bits per heavy atom. The molecule has 0 atom stereocenters. The fourth-order valence-corrected chi connectivity index (χ4v) is 4.86. The third-order valence-electron chi connectivity index (χ3n) is 5.14. The van der Waals surface area contributed by atoms with Crippen LogP contribution < -0.4 is 10.6 Å². The normalized spacial score (nSPS) is 17.0. The molecule has 2 heterocycles. The van der Waals surface area contributed by atoms with E-state index in [0.717, 1.165) is 80.3 Å². The fraction of sp³-hybridized carbons (Fsp3) is 0.571. The molecule has 5 nitrogen and oxygen atoms in total. The van der Waals surface area contributed by atoms with Crippen molar-refractivity contribution in [3.05, 3.63) is 35.8 Å². The number of fused-ring (bicyclic) bond motifs is 1. The van der Waals surface area contributed by atoms with Gasteiger partial charge in [0.1, 0.15) is 5.82 Å². The van der Waals surface area contributed by atoms with Gasteiger partial charge in [-0.05, 0) is 55.7 Å². The molecule has 0 aliphatic carbocycles. The minimum Gasteiger partial charge on any atom is -0.381 e. The quantitative estimate of drug-likeness (QED) is 0.462. The van der Waals surface area contributed by atoms with Crippen LogP contribution in [0.15, 0.2) is 29.4 Å². The summed E-state index contributed by atoms with van der Waals surface area (Å²) in [4.78, 5) is 8.08. The number of H-pyrrole nitrogens is 1. The minimum absolute atomic E-state index is 0.184. The second-order valence-corrected chi connectivity index (χ2v) is 8.84. The Kier molecular flexibility index (Phi) is 7.62. The zero-order valence-corrected chi connectivity index (χ0v) is 17.6. The number of nitrogens with one attached hydrogen (secondary N) is 3. The van der Waals surface area contributed by atoms with E-state index in [1.807, 2.05) is 18.0 Å². The highest BCUT2D eigenvalue weighted by atomic mass is 32.2. The maximum Gasteiger partial charge on any atom is 0.191 e. The maximum atomic E-state index is 13.6. The SMILES string of the molecule is CCNC(=NCC1(SCC)CCOCC1)NCCc1c[nH]c2ccc(F)cc12. The molecule has 1 aliphatic heterocycles. The summed E-state index contributed by atoms with van der Waals surface area (Å²) in [6, 6.07) is 4.86. The van der Waals surface area contributed by atoms with Gasteiger partial charge in [0.15, 0.2) is 5.96 Å². The standard InChI is InChI=1S/C21H31FN4OS/c1-3-23-20(26-15-21(28-4-2)8-11-27-12-9-21)24-10-7-16-14-25-19-6-5-17(22)13-18(16)19/h5-6,13-14,25H,3-4,7-12,15H2,1-2H3,(H2,23,24,26). The van der Waals surface area contributed by atoms with Crippen LogP contribution in [0.5, 0.6) is 0 Å². The van der Waals surface area contributed by atoms with Crippen molar-refractivity contribution in [2.24, 2.45) is 4.99 Å². The monoisotopic (exact) mass is 406 g/mol. The molecule has 28 heavy (non-hydrogen) atoms. The van der Waals surface area contributed by atoms with Crippen molar-refractivity contribution in [1.29, 1.82) is 0 Å². The van der Waals surface area contributed by atoms with E-state index in [1.165, 1.54) is 6.07 Å². The Hall–Kier alpha value is -1.73. The zero-order valence-electron chi connectivity index (χ0n) is 16.8. The second kappa shape index (κ2) is 10.2. The lowest BCUT2D eigenvalue weighted by atomic mass is 9.99. The van der Waals surface area contributed by atoms with Gasteiger partial charge in [-0.15, -0.1) is 0 Å². The van der Waals surface area contributed by atoms with Gasteiger partial charge in [0, 0.05) is 48.2 Å². The Morgan fingerprint density at radius 2 is 2.11 bits per heavy atom. The van der Waals surface area contributed by atoms with Crippen LogP contribution in [0.4, 0.5) is 4.39 Å². The molecule has 7 heteroatoms. The highest BCUT2D eigenvalue weighted by Crippen LogP contribution is 2.35. The van der Waals surface area contributed by atoms with E-state index < -0.39 is 0 Å². The molecular weight excluding hydrogens is 375 g/mol. The van der Waals surface area contributed by atoms with Gasteiger partial charge in [0.05, 0.1) is 6.54 Å². The Bertz CT molecular complexity index is 780. The molecule has 0 unspecified atom stereocenters. The molecule has 0 saturated carbocycles. The average molecular weight is 407 g/mol. The molecule has 1 fully saturated rings. The first-order chi connectivity index (χ1) is 13.7. The topological polar surface area (TPSA) is 61.4 Å². The van der Waals surface area contributed by atoms with Gasteiger partial charge in [-0.1, -0.05) is 6.92 Å². The smallest absolute Gasteiger partial charge is 0.191 e. The van der Waals surface area contributed by atoms with E-state index in [1.54, 1.807) is 12.1 Å². The van der Waals surface area contributed by atoms with Gasteiger partial charge in [-0.3, -0.25) is 4.99 Å². The van der Waals surface area contributed by atoms with E-state index in [9.17, 15) is 4.39 Å². The van der Waals surface area contributed by atoms with Gasteiger partial charge >= 0.3 is 0 Å². The number of hydrogen-bond acceptors (Lipinski definition) is 3. The third-order valence-corrected chi connectivity index (χ3v) is 6.58. The number of nitrogens with zero attached hydrogens (tertiary/aromatic N) is 1. The van der Waals surface area contributed by atoms with Crippen LogP contribution in [0, 0.1) is 5.82 Å². The highest BCUT2D eigenvalue weighted by Gasteiger charge is 2.32. The molecule has 1 aromatic carbocycles. The lowest BCUT2D eigenvalue weighted by Gasteiger charge is -2.35. The number of aliphatic imine (C=N–C) groups is 1. The van der Waals surface area contributed by atoms with Gasteiger partial charge in [-0.25, -0.2) is 4.39 Å². The third kappa shape index (κ3) is 5.41. The predicted octanol–water partition coefficient (Wildman–Crippen LogP) is 3.71. The van der Waals surface area contributed by atoms with Crippen LogP contribution >= 0.6 is 11.8 Å². The summed E-state index contributed by atoms with van der Waals surface area (Å²) in [5.41, 5.74) is 2.08. The molecule has 3 N–H and O–H groups in total. The number of ether oxygens (including phenoxy) is 1. The Balaban J connectivity index is 1.60. The van der Waals surface area contributed by atoms with E-state index in [2.05, 4.69) is 29.5 Å². The number of rotatable bonds is 8. The highest BCUT2D eigenvalue weighted by molar-refractivity contribution is 8.00. The predicted molar refractivity (Wildman–Crippen MR) is 117 cm³/mol. The molecule has 0 radical (unpaired) electrons. The number of aromatic nitrogens is 1. The molecule has 0 spiro atoms. The fourth-order valence-electron chi connectivity index (χ4n) is 3.64. The molecule has 154 valence electrons. The summed E-state index contributed by atoms with van der Waals surface area (Å²) in [5.74, 6) is 1.74. The van der Waals surface area contributed by atoms with Crippen LogP contribution in [0.1, 0.15) is 32.3 Å². The van der Waals surface area contributed by atoms with Crippen LogP contribution in [-0.2, 0) is 11.2 Å². The molecule has 1 aromatic heterocycles. The van der Waals surface area contributed by atoms with Crippen molar-refractivity contribution in [2.45, 2.75) is 37.9 Å². The van der Waals surface area contributed by atoms with Crippen LogP contribution in [-0.4, -0.2) is 54.3 Å². The largest absolute Gasteiger partial charge is 0.381 e. The number of thioether (sulfide) groups is 1.